The average molecular weight is 382 g/mol. The first kappa shape index (κ1) is 19.9. The van der Waals surface area contributed by atoms with E-state index in [0.29, 0.717) is 5.75 Å². The molecule has 6 heteroatoms. The van der Waals surface area contributed by atoms with Crippen molar-refractivity contribution in [3.05, 3.63) is 65.7 Å². The molecule has 0 unspecified atom stereocenters. The predicted molar refractivity (Wildman–Crippen MR) is 109 cm³/mol. The zero-order valence-corrected chi connectivity index (χ0v) is 16.5. The number of hydrogen-bond donors (Lipinski definition) is 1. The lowest BCUT2D eigenvalue weighted by molar-refractivity contribution is -0.917. The molecule has 0 saturated carbocycles. The molecular formula is C22H28N3O3+. The van der Waals surface area contributed by atoms with Gasteiger partial charge in [-0.3, -0.25) is 4.79 Å². The van der Waals surface area contributed by atoms with Crippen LogP contribution >= 0.6 is 0 Å². The van der Waals surface area contributed by atoms with Crippen molar-refractivity contribution in [3.8, 4) is 5.75 Å². The van der Waals surface area contributed by atoms with E-state index in [1.54, 1.807) is 20.2 Å². The quantitative estimate of drug-likeness (QED) is 0.581. The molecule has 148 valence electrons. The number of nitrogens with one attached hydrogen (secondary N) is 1. The van der Waals surface area contributed by atoms with Gasteiger partial charge in [0.1, 0.15) is 12.3 Å². The number of oxime groups is 1. The molecule has 3 rings (SSSR count). The van der Waals surface area contributed by atoms with Crippen molar-refractivity contribution in [3.63, 3.8) is 0 Å². The second-order valence-electron chi connectivity index (χ2n) is 6.96. The molecule has 1 amide bonds. The van der Waals surface area contributed by atoms with E-state index < -0.39 is 6.10 Å². The maximum atomic E-state index is 12.6. The van der Waals surface area contributed by atoms with Crippen LogP contribution in [-0.4, -0.2) is 56.4 Å². The third-order valence-electron chi connectivity index (χ3n) is 4.98. The Bertz CT molecular complexity index is 787. The molecule has 1 heterocycles. The van der Waals surface area contributed by atoms with Crippen LogP contribution in [0.2, 0.25) is 0 Å². The topological polar surface area (TPSA) is 55.6 Å². The summed E-state index contributed by atoms with van der Waals surface area (Å²) in [6, 6.07) is 18.0. The number of hydrogen-bond acceptors (Lipinski definition) is 4. The van der Waals surface area contributed by atoms with E-state index in [2.05, 4.69) is 29.4 Å². The standard InChI is InChI=1S/C22H27N3O3/c1-18(28-23-16-20-10-6-7-11-21(20)27-2)22(26)25-14-12-24(13-15-25)17-19-8-4-3-5-9-19/h3-11,16,18H,12-15,17H2,1-2H3/p+1/b23-16-/t18-/m0/s1. The Labute approximate surface area is 166 Å². The van der Waals surface area contributed by atoms with Gasteiger partial charge in [0.25, 0.3) is 5.91 Å². The van der Waals surface area contributed by atoms with Gasteiger partial charge in [-0.15, -0.1) is 0 Å². The summed E-state index contributed by atoms with van der Waals surface area (Å²) in [5, 5.41) is 3.98. The number of methoxy groups -OCH3 is 1. The summed E-state index contributed by atoms with van der Waals surface area (Å²) in [7, 11) is 1.61. The van der Waals surface area contributed by atoms with Gasteiger partial charge in [-0.1, -0.05) is 47.6 Å². The number of para-hydroxylation sites is 1. The minimum absolute atomic E-state index is 0.0177. The molecule has 0 radical (unpaired) electrons. The number of nitrogens with zero attached hydrogens (tertiary/aromatic N) is 2. The molecule has 28 heavy (non-hydrogen) atoms. The molecule has 2 aromatic rings. The van der Waals surface area contributed by atoms with Gasteiger partial charge in [-0.2, -0.15) is 0 Å². The Morgan fingerprint density at radius 1 is 1.14 bits per heavy atom. The molecule has 0 spiro atoms. The van der Waals surface area contributed by atoms with Crippen LogP contribution in [0.4, 0.5) is 0 Å². The van der Waals surface area contributed by atoms with E-state index >= 15 is 0 Å². The van der Waals surface area contributed by atoms with E-state index in [1.807, 2.05) is 35.2 Å². The van der Waals surface area contributed by atoms with Crippen LogP contribution in [0, 0.1) is 0 Å². The van der Waals surface area contributed by atoms with Crippen LogP contribution < -0.4 is 9.64 Å². The molecule has 0 aliphatic carbocycles. The Hall–Kier alpha value is -2.86. The maximum Gasteiger partial charge on any atom is 0.266 e. The summed E-state index contributed by atoms with van der Waals surface area (Å²) in [6.45, 7) is 6.11. The van der Waals surface area contributed by atoms with Gasteiger partial charge in [-0.05, 0) is 19.1 Å². The normalized spacial score (nSPS) is 16.1. The molecule has 0 aromatic heterocycles. The largest absolute Gasteiger partial charge is 0.496 e. The van der Waals surface area contributed by atoms with Crippen molar-refractivity contribution < 1.29 is 19.3 Å². The van der Waals surface area contributed by atoms with E-state index in [-0.39, 0.29) is 5.91 Å². The Morgan fingerprint density at radius 3 is 2.54 bits per heavy atom. The summed E-state index contributed by atoms with van der Waals surface area (Å²) in [4.78, 5) is 21.4. The van der Waals surface area contributed by atoms with Crippen LogP contribution in [0.15, 0.2) is 59.8 Å². The molecule has 1 N–H and O–H groups in total. The fourth-order valence-corrected chi connectivity index (χ4v) is 3.36. The van der Waals surface area contributed by atoms with Crippen molar-refractivity contribution in [2.75, 3.05) is 33.3 Å². The molecule has 1 aliphatic heterocycles. The molecule has 2 aromatic carbocycles. The molecule has 1 saturated heterocycles. The van der Waals surface area contributed by atoms with Gasteiger partial charge in [0, 0.05) is 11.1 Å². The van der Waals surface area contributed by atoms with Gasteiger partial charge in [-0.25, -0.2) is 0 Å². The lowest BCUT2D eigenvalue weighted by Gasteiger charge is -2.33. The highest BCUT2D eigenvalue weighted by Crippen LogP contribution is 2.15. The monoisotopic (exact) mass is 382 g/mol. The molecule has 0 bridgehead atoms. The van der Waals surface area contributed by atoms with E-state index in [9.17, 15) is 4.79 Å². The fraction of sp³-hybridized carbons (Fsp3) is 0.364. The molecule has 1 aliphatic rings. The van der Waals surface area contributed by atoms with E-state index in [1.165, 1.54) is 10.5 Å². The van der Waals surface area contributed by atoms with E-state index in [4.69, 9.17) is 9.57 Å². The van der Waals surface area contributed by atoms with Crippen molar-refractivity contribution in [1.29, 1.82) is 0 Å². The number of rotatable bonds is 7. The summed E-state index contributed by atoms with van der Waals surface area (Å²) in [5.41, 5.74) is 2.14. The summed E-state index contributed by atoms with van der Waals surface area (Å²) >= 11 is 0. The fourth-order valence-electron chi connectivity index (χ4n) is 3.36. The number of amides is 1. The second-order valence-corrected chi connectivity index (χ2v) is 6.96. The second kappa shape index (κ2) is 9.90. The number of quaternary nitrogens is 1. The van der Waals surface area contributed by atoms with Crippen LogP contribution in [0.5, 0.6) is 5.75 Å². The third kappa shape index (κ3) is 5.33. The zero-order valence-electron chi connectivity index (χ0n) is 16.5. The van der Waals surface area contributed by atoms with Crippen LogP contribution in [0.1, 0.15) is 18.1 Å². The summed E-state index contributed by atoms with van der Waals surface area (Å²) in [5.74, 6) is 0.697. The van der Waals surface area contributed by atoms with Crippen LogP contribution in [0.25, 0.3) is 0 Å². The number of ether oxygens (including phenoxy) is 1. The van der Waals surface area contributed by atoms with Gasteiger partial charge in [0.2, 0.25) is 6.10 Å². The number of carbonyl (C=O) groups excluding carboxylic acids is 1. The van der Waals surface area contributed by atoms with Crippen molar-refractivity contribution in [1.82, 2.24) is 4.90 Å². The highest BCUT2D eigenvalue weighted by molar-refractivity contribution is 5.83. The Balaban J connectivity index is 1.46. The average Bonchev–Trinajstić information content (AvgIpc) is 2.75. The molecular weight excluding hydrogens is 354 g/mol. The predicted octanol–water partition coefficient (Wildman–Crippen LogP) is 1.36. The minimum atomic E-state index is -0.610. The zero-order chi connectivity index (χ0) is 19.8. The maximum absolute atomic E-state index is 12.6. The minimum Gasteiger partial charge on any atom is -0.496 e. The third-order valence-corrected chi connectivity index (χ3v) is 4.98. The highest BCUT2D eigenvalue weighted by Gasteiger charge is 2.27. The lowest BCUT2D eigenvalue weighted by atomic mass is 10.2. The van der Waals surface area contributed by atoms with Crippen molar-refractivity contribution >= 4 is 12.1 Å². The van der Waals surface area contributed by atoms with Crippen LogP contribution in [0.3, 0.4) is 0 Å². The SMILES string of the molecule is COc1ccccc1/C=N\O[C@@H](C)C(=O)N1CC[NH+](Cc2ccccc2)CC1. The van der Waals surface area contributed by atoms with Gasteiger partial charge >= 0.3 is 0 Å². The van der Waals surface area contributed by atoms with Crippen molar-refractivity contribution in [2.24, 2.45) is 5.16 Å². The molecule has 6 nitrogen and oxygen atoms in total. The van der Waals surface area contributed by atoms with Gasteiger partial charge < -0.3 is 19.4 Å². The first-order chi connectivity index (χ1) is 13.7. The first-order valence-corrected chi connectivity index (χ1v) is 9.66. The summed E-state index contributed by atoms with van der Waals surface area (Å²) < 4.78 is 5.27. The molecule has 1 fully saturated rings. The highest BCUT2D eigenvalue weighted by atomic mass is 16.6. The van der Waals surface area contributed by atoms with Crippen molar-refractivity contribution in [2.45, 2.75) is 19.6 Å². The number of piperazine rings is 1. The Kier molecular flexibility index (Phi) is 7.03. The van der Waals surface area contributed by atoms with Gasteiger partial charge in [0.05, 0.1) is 39.5 Å². The van der Waals surface area contributed by atoms with Gasteiger partial charge in [0.15, 0.2) is 0 Å². The molecule has 1 atom stereocenters. The first-order valence-electron chi connectivity index (χ1n) is 9.66. The summed E-state index contributed by atoms with van der Waals surface area (Å²) in [6.07, 6.45) is 0.964. The smallest absolute Gasteiger partial charge is 0.266 e. The number of benzene rings is 2. The number of carbonyl (C=O) groups is 1. The Morgan fingerprint density at radius 2 is 1.82 bits per heavy atom. The van der Waals surface area contributed by atoms with E-state index in [0.717, 1.165) is 38.3 Å². The van der Waals surface area contributed by atoms with Crippen LogP contribution in [-0.2, 0) is 16.2 Å². The lowest BCUT2D eigenvalue weighted by Crippen LogP contribution is -3.13.